The molecule has 86 valence electrons. The molecular formula is C10H12N2O4. The van der Waals surface area contributed by atoms with Crippen LogP contribution in [0, 0.1) is 0 Å². The zero-order valence-corrected chi connectivity index (χ0v) is 8.69. The highest BCUT2D eigenvalue weighted by Gasteiger charge is 2.06. The Labute approximate surface area is 92.2 Å². The number of ether oxygens (including phenoxy) is 1. The van der Waals surface area contributed by atoms with Crippen molar-refractivity contribution < 1.29 is 19.4 Å². The number of phenolic OH excluding ortho intramolecular Hbond substituents is 1. The number of carbonyl (C=O) groups is 2. The molecule has 0 aromatic heterocycles. The van der Waals surface area contributed by atoms with Gasteiger partial charge in [0.25, 0.3) is 0 Å². The van der Waals surface area contributed by atoms with E-state index >= 15 is 0 Å². The molecule has 0 heterocycles. The van der Waals surface area contributed by atoms with Gasteiger partial charge in [0.15, 0.2) is 0 Å². The number of rotatable bonds is 3. The summed E-state index contributed by atoms with van der Waals surface area (Å²) in [5.74, 6) is -0.594. The summed E-state index contributed by atoms with van der Waals surface area (Å²) in [5.41, 5.74) is 0.268. The number of hydrogen-bond donors (Lipinski definition) is 3. The van der Waals surface area contributed by atoms with Gasteiger partial charge in [-0.2, -0.15) is 0 Å². The van der Waals surface area contributed by atoms with Crippen molar-refractivity contribution in [2.24, 2.45) is 0 Å². The number of hydrogen-bond acceptors (Lipinski definition) is 4. The molecule has 0 radical (unpaired) electrons. The van der Waals surface area contributed by atoms with Crippen LogP contribution in [0.1, 0.15) is 0 Å². The van der Waals surface area contributed by atoms with E-state index in [0.717, 1.165) is 0 Å². The van der Waals surface area contributed by atoms with Crippen LogP contribution in [0.15, 0.2) is 24.3 Å². The highest BCUT2D eigenvalue weighted by molar-refractivity contribution is 5.92. The minimum atomic E-state index is -0.591. The minimum Gasteiger partial charge on any atom is -0.506 e. The fraction of sp³-hybridized carbons (Fsp3) is 0.200. The van der Waals surface area contributed by atoms with Crippen LogP contribution in [0.4, 0.5) is 10.5 Å². The smallest absolute Gasteiger partial charge is 0.325 e. The number of nitrogens with one attached hydrogen (secondary N) is 2. The Morgan fingerprint density at radius 3 is 2.69 bits per heavy atom. The van der Waals surface area contributed by atoms with Crippen LogP contribution in [0.3, 0.4) is 0 Å². The summed E-state index contributed by atoms with van der Waals surface area (Å²) in [6.07, 6.45) is 0. The number of phenols is 1. The lowest BCUT2D eigenvalue weighted by molar-refractivity contribution is -0.139. The van der Waals surface area contributed by atoms with Crippen molar-refractivity contribution >= 4 is 17.7 Å². The molecule has 0 fully saturated rings. The second-order valence-corrected chi connectivity index (χ2v) is 2.90. The van der Waals surface area contributed by atoms with Gasteiger partial charge in [-0.1, -0.05) is 12.1 Å². The first kappa shape index (κ1) is 11.8. The van der Waals surface area contributed by atoms with Crippen molar-refractivity contribution in [3.63, 3.8) is 0 Å². The second kappa shape index (κ2) is 5.59. The van der Waals surface area contributed by atoms with Crippen molar-refractivity contribution in [3.05, 3.63) is 24.3 Å². The van der Waals surface area contributed by atoms with Crippen LogP contribution >= 0.6 is 0 Å². The van der Waals surface area contributed by atoms with E-state index < -0.39 is 12.0 Å². The molecule has 1 aromatic carbocycles. The maximum absolute atomic E-state index is 11.2. The average Bonchev–Trinajstić information content (AvgIpc) is 2.29. The average molecular weight is 224 g/mol. The second-order valence-electron chi connectivity index (χ2n) is 2.90. The lowest BCUT2D eigenvalue weighted by atomic mass is 10.3. The molecule has 0 aliphatic rings. The molecule has 0 bridgehead atoms. The van der Waals surface area contributed by atoms with Gasteiger partial charge in [-0.3, -0.25) is 4.79 Å². The van der Waals surface area contributed by atoms with E-state index in [2.05, 4.69) is 15.4 Å². The zero-order chi connectivity index (χ0) is 12.0. The summed E-state index contributed by atoms with van der Waals surface area (Å²) in [4.78, 5) is 22.0. The molecule has 0 aliphatic heterocycles. The number of benzene rings is 1. The highest BCUT2D eigenvalue weighted by Crippen LogP contribution is 2.20. The van der Waals surface area contributed by atoms with Crippen LogP contribution in [0.5, 0.6) is 5.75 Å². The highest BCUT2D eigenvalue weighted by atomic mass is 16.5. The van der Waals surface area contributed by atoms with E-state index in [-0.39, 0.29) is 18.0 Å². The third kappa shape index (κ3) is 3.49. The van der Waals surface area contributed by atoms with Gasteiger partial charge in [0.1, 0.15) is 12.3 Å². The summed E-state index contributed by atoms with van der Waals surface area (Å²) in [7, 11) is 1.23. The molecule has 3 N–H and O–H groups in total. The third-order valence-corrected chi connectivity index (χ3v) is 1.77. The van der Waals surface area contributed by atoms with Crippen molar-refractivity contribution in [3.8, 4) is 5.75 Å². The third-order valence-electron chi connectivity index (χ3n) is 1.77. The van der Waals surface area contributed by atoms with Gasteiger partial charge in [-0.25, -0.2) is 4.79 Å². The SMILES string of the molecule is COC(=O)CNC(=O)Nc1ccccc1O. The summed E-state index contributed by atoms with van der Waals surface area (Å²) >= 11 is 0. The Morgan fingerprint density at radius 1 is 1.38 bits per heavy atom. The summed E-state index contributed by atoms with van der Waals surface area (Å²) in [6.45, 7) is -0.226. The molecule has 6 heteroatoms. The topological polar surface area (TPSA) is 87.7 Å². The standard InChI is InChI=1S/C10H12N2O4/c1-16-9(14)6-11-10(15)12-7-4-2-3-5-8(7)13/h2-5,13H,6H2,1H3,(H2,11,12,15). The fourth-order valence-electron chi connectivity index (χ4n) is 0.970. The molecule has 2 amide bonds. The number of anilines is 1. The largest absolute Gasteiger partial charge is 0.506 e. The van der Waals surface area contributed by atoms with Crippen LogP contribution in [-0.4, -0.2) is 30.8 Å². The monoisotopic (exact) mass is 224 g/mol. The Hall–Kier alpha value is -2.24. The first-order valence-corrected chi connectivity index (χ1v) is 4.53. The Kier molecular flexibility index (Phi) is 4.14. The fourth-order valence-corrected chi connectivity index (χ4v) is 0.970. The number of methoxy groups -OCH3 is 1. The van der Waals surface area contributed by atoms with Crippen molar-refractivity contribution in [1.82, 2.24) is 5.32 Å². The maximum atomic E-state index is 11.2. The number of urea groups is 1. The molecule has 6 nitrogen and oxygen atoms in total. The van der Waals surface area contributed by atoms with Gasteiger partial charge in [-0.15, -0.1) is 0 Å². The van der Waals surface area contributed by atoms with Crippen LogP contribution in [0.2, 0.25) is 0 Å². The number of amides is 2. The molecule has 0 saturated heterocycles. The van der Waals surface area contributed by atoms with Crippen LogP contribution in [0.25, 0.3) is 0 Å². The maximum Gasteiger partial charge on any atom is 0.325 e. The first-order valence-electron chi connectivity index (χ1n) is 4.53. The van der Waals surface area contributed by atoms with E-state index in [1.165, 1.54) is 19.2 Å². The van der Waals surface area contributed by atoms with Gasteiger partial charge < -0.3 is 20.5 Å². The predicted molar refractivity (Wildman–Crippen MR) is 57.1 cm³/mol. The van der Waals surface area contributed by atoms with Crippen LogP contribution < -0.4 is 10.6 Å². The number of para-hydroxylation sites is 2. The normalized spacial score (nSPS) is 9.31. The summed E-state index contributed by atoms with van der Waals surface area (Å²) in [5, 5.41) is 14.0. The number of aromatic hydroxyl groups is 1. The van der Waals surface area contributed by atoms with Crippen LogP contribution in [-0.2, 0) is 9.53 Å². The Balaban J connectivity index is 2.46. The molecule has 0 spiro atoms. The minimum absolute atomic E-state index is 0.0456. The number of esters is 1. The van der Waals surface area contributed by atoms with Crippen molar-refractivity contribution in [2.75, 3.05) is 19.0 Å². The lowest BCUT2D eigenvalue weighted by Gasteiger charge is -2.07. The molecule has 16 heavy (non-hydrogen) atoms. The molecule has 0 aliphatic carbocycles. The molecular weight excluding hydrogens is 212 g/mol. The molecule has 0 saturated carbocycles. The lowest BCUT2D eigenvalue weighted by Crippen LogP contribution is -2.33. The first-order chi connectivity index (χ1) is 7.63. The molecule has 1 aromatic rings. The van der Waals surface area contributed by atoms with Gasteiger partial charge in [0.2, 0.25) is 0 Å². The van der Waals surface area contributed by atoms with E-state index in [9.17, 15) is 14.7 Å². The van der Waals surface area contributed by atoms with Crippen molar-refractivity contribution in [2.45, 2.75) is 0 Å². The van der Waals surface area contributed by atoms with Gasteiger partial charge in [0.05, 0.1) is 12.8 Å². The van der Waals surface area contributed by atoms with Crippen molar-refractivity contribution in [1.29, 1.82) is 0 Å². The summed E-state index contributed by atoms with van der Waals surface area (Å²) < 4.78 is 4.34. The molecule has 0 atom stereocenters. The Bertz CT molecular complexity index is 392. The van der Waals surface area contributed by atoms with E-state index in [1.54, 1.807) is 12.1 Å². The van der Waals surface area contributed by atoms with Gasteiger partial charge in [-0.05, 0) is 12.1 Å². The zero-order valence-electron chi connectivity index (χ0n) is 8.69. The van der Waals surface area contributed by atoms with Gasteiger partial charge >= 0.3 is 12.0 Å². The van der Waals surface area contributed by atoms with E-state index in [1.807, 2.05) is 0 Å². The van der Waals surface area contributed by atoms with Gasteiger partial charge in [0, 0.05) is 0 Å². The summed E-state index contributed by atoms with van der Waals surface area (Å²) in [6, 6.07) is 5.68. The molecule has 0 unspecified atom stereocenters. The number of carbonyl (C=O) groups excluding carboxylic acids is 2. The Morgan fingerprint density at radius 2 is 2.06 bits per heavy atom. The quantitative estimate of drug-likeness (QED) is 0.520. The molecule has 1 rings (SSSR count). The van der Waals surface area contributed by atoms with E-state index in [0.29, 0.717) is 0 Å². The van der Waals surface area contributed by atoms with E-state index in [4.69, 9.17) is 0 Å². The predicted octanol–water partition coefficient (Wildman–Crippen LogP) is 0.687.